The maximum atomic E-state index is 12.6. The van der Waals surface area contributed by atoms with Crippen LogP contribution >= 0.6 is 0 Å². The lowest BCUT2D eigenvalue weighted by molar-refractivity contribution is -0.117. The van der Waals surface area contributed by atoms with E-state index in [1.165, 1.54) is 0 Å². The van der Waals surface area contributed by atoms with Crippen molar-refractivity contribution in [3.63, 3.8) is 0 Å². The molecule has 0 radical (unpaired) electrons. The summed E-state index contributed by atoms with van der Waals surface area (Å²) in [6, 6.07) is 12.8. The molecule has 0 aromatic heterocycles. The summed E-state index contributed by atoms with van der Waals surface area (Å²) in [5.41, 5.74) is 7.92. The van der Waals surface area contributed by atoms with Gasteiger partial charge in [-0.15, -0.1) is 0 Å². The Labute approximate surface area is 152 Å². The second-order valence-corrected chi connectivity index (χ2v) is 5.96. The van der Waals surface area contributed by atoms with Crippen LogP contribution in [0.2, 0.25) is 0 Å². The molecule has 3 rings (SSSR count). The highest BCUT2D eigenvalue weighted by Gasteiger charge is 2.30. The number of amides is 1. The second kappa shape index (κ2) is 8.07. The van der Waals surface area contributed by atoms with E-state index in [4.69, 9.17) is 14.2 Å². The van der Waals surface area contributed by atoms with Gasteiger partial charge in [0.15, 0.2) is 0 Å². The van der Waals surface area contributed by atoms with Crippen LogP contribution in [0.5, 0.6) is 17.2 Å². The molecule has 1 heterocycles. The number of methoxy groups -OCH3 is 3. The van der Waals surface area contributed by atoms with Gasteiger partial charge in [-0.1, -0.05) is 12.1 Å². The maximum absolute atomic E-state index is 12.6. The first-order chi connectivity index (χ1) is 12.6. The Bertz CT molecular complexity index is 764. The van der Waals surface area contributed by atoms with Gasteiger partial charge in [0, 0.05) is 12.1 Å². The lowest BCUT2D eigenvalue weighted by atomic mass is 10.0. The third kappa shape index (κ3) is 3.89. The average Bonchev–Trinajstić information content (AvgIpc) is 3.18. The van der Waals surface area contributed by atoms with Crippen LogP contribution in [0.4, 0.5) is 5.69 Å². The number of carbonyl (C=O) groups excluding carboxylic acids is 1. The topological polar surface area (TPSA) is 80.9 Å². The molecule has 7 heteroatoms. The lowest BCUT2D eigenvalue weighted by Gasteiger charge is -2.14. The molecule has 0 bridgehead atoms. The van der Waals surface area contributed by atoms with E-state index >= 15 is 0 Å². The highest BCUT2D eigenvalue weighted by molar-refractivity contribution is 5.96. The first-order valence-corrected chi connectivity index (χ1v) is 8.32. The number of nitrogens with one attached hydrogen (secondary N) is 3. The predicted molar refractivity (Wildman–Crippen MR) is 98.6 cm³/mol. The largest absolute Gasteiger partial charge is 0.497 e. The number of hydrazine groups is 1. The van der Waals surface area contributed by atoms with Crippen molar-refractivity contribution in [1.82, 2.24) is 10.9 Å². The minimum Gasteiger partial charge on any atom is -0.497 e. The molecule has 1 saturated heterocycles. The van der Waals surface area contributed by atoms with Gasteiger partial charge in [-0.3, -0.25) is 4.79 Å². The fourth-order valence-electron chi connectivity index (χ4n) is 2.90. The molecule has 2 aromatic carbocycles. The molecule has 138 valence electrons. The molecule has 2 atom stereocenters. The van der Waals surface area contributed by atoms with Crippen molar-refractivity contribution < 1.29 is 19.0 Å². The number of ether oxygens (including phenoxy) is 3. The Hall–Kier alpha value is -2.77. The lowest BCUT2D eigenvalue weighted by Crippen LogP contribution is -2.39. The summed E-state index contributed by atoms with van der Waals surface area (Å²) >= 11 is 0. The van der Waals surface area contributed by atoms with Crippen LogP contribution in [0.15, 0.2) is 42.5 Å². The van der Waals surface area contributed by atoms with Crippen LogP contribution < -0.4 is 30.4 Å². The van der Waals surface area contributed by atoms with Crippen molar-refractivity contribution in [2.45, 2.75) is 18.5 Å². The minimum absolute atomic E-state index is 0.0504. The molecular formula is C19H23N3O4. The Morgan fingerprint density at radius 3 is 2.31 bits per heavy atom. The molecule has 1 aliphatic rings. The zero-order valence-corrected chi connectivity index (χ0v) is 15.0. The van der Waals surface area contributed by atoms with Crippen molar-refractivity contribution in [2.75, 3.05) is 26.6 Å². The molecule has 0 aliphatic carbocycles. The number of carbonyl (C=O) groups is 1. The molecular weight excluding hydrogens is 334 g/mol. The summed E-state index contributed by atoms with van der Waals surface area (Å²) in [6.07, 6.45) is 0.636. The third-order valence-corrected chi connectivity index (χ3v) is 4.40. The Kier molecular flexibility index (Phi) is 5.60. The fraction of sp³-hybridized carbons (Fsp3) is 0.316. The molecule has 7 nitrogen and oxygen atoms in total. The van der Waals surface area contributed by atoms with Crippen LogP contribution in [0.3, 0.4) is 0 Å². The van der Waals surface area contributed by atoms with E-state index in [1.54, 1.807) is 39.5 Å². The molecule has 3 N–H and O–H groups in total. The van der Waals surface area contributed by atoms with Crippen molar-refractivity contribution in [2.24, 2.45) is 0 Å². The molecule has 0 spiro atoms. The van der Waals surface area contributed by atoms with Crippen molar-refractivity contribution in [3.8, 4) is 17.2 Å². The van der Waals surface area contributed by atoms with Gasteiger partial charge < -0.3 is 19.5 Å². The van der Waals surface area contributed by atoms with Gasteiger partial charge in [-0.25, -0.2) is 10.9 Å². The summed E-state index contributed by atoms with van der Waals surface area (Å²) in [5, 5.41) is 2.90. The Balaban J connectivity index is 1.64. The van der Waals surface area contributed by atoms with Gasteiger partial charge in [0.05, 0.1) is 27.0 Å². The van der Waals surface area contributed by atoms with E-state index in [1.807, 2.05) is 24.3 Å². The summed E-state index contributed by atoms with van der Waals surface area (Å²) in [7, 11) is 4.78. The fourth-order valence-corrected chi connectivity index (χ4v) is 2.90. The van der Waals surface area contributed by atoms with E-state index in [0.29, 0.717) is 23.6 Å². The van der Waals surface area contributed by atoms with Gasteiger partial charge in [0.1, 0.15) is 23.3 Å². The Morgan fingerprint density at radius 2 is 1.65 bits per heavy atom. The smallest absolute Gasteiger partial charge is 0.243 e. The van der Waals surface area contributed by atoms with Crippen LogP contribution in [0.1, 0.15) is 18.0 Å². The van der Waals surface area contributed by atoms with E-state index in [9.17, 15) is 4.79 Å². The van der Waals surface area contributed by atoms with Crippen molar-refractivity contribution in [1.29, 1.82) is 0 Å². The molecule has 1 amide bonds. The zero-order valence-electron chi connectivity index (χ0n) is 15.0. The summed E-state index contributed by atoms with van der Waals surface area (Å²) in [5.74, 6) is 1.90. The number of rotatable bonds is 6. The molecule has 2 aromatic rings. The highest BCUT2D eigenvalue weighted by atomic mass is 16.5. The van der Waals surface area contributed by atoms with Gasteiger partial charge in [-0.2, -0.15) is 0 Å². The van der Waals surface area contributed by atoms with E-state index in [-0.39, 0.29) is 18.0 Å². The third-order valence-electron chi connectivity index (χ3n) is 4.40. The van der Waals surface area contributed by atoms with E-state index < -0.39 is 0 Å². The number of anilines is 1. The Morgan fingerprint density at radius 1 is 0.962 bits per heavy atom. The summed E-state index contributed by atoms with van der Waals surface area (Å²) in [6.45, 7) is 0. The van der Waals surface area contributed by atoms with E-state index in [0.717, 1.165) is 11.3 Å². The zero-order chi connectivity index (χ0) is 18.5. The molecule has 0 saturated carbocycles. The van der Waals surface area contributed by atoms with E-state index in [2.05, 4.69) is 16.2 Å². The van der Waals surface area contributed by atoms with Gasteiger partial charge >= 0.3 is 0 Å². The highest BCUT2D eigenvalue weighted by Crippen LogP contribution is 2.30. The number of hydrogen-bond acceptors (Lipinski definition) is 6. The SMILES string of the molecule is COc1ccc(C2CC(C(=O)Nc3ccc(OC)cc3OC)NN2)cc1. The second-order valence-electron chi connectivity index (χ2n) is 5.96. The first-order valence-electron chi connectivity index (χ1n) is 8.32. The molecule has 2 unspecified atom stereocenters. The normalized spacial score (nSPS) is 19.0. The minimum atomic E-state index is -0.353. The quantitative estimate of drug-likeness (QED) is 0.736. The monoisotopic (exact) mass is 357 g/mol. The number of benzene rings is 2. The average molecular weight is 357 g/mol. The van der Waals surface area contributed by atoms with Crippen LogP contribution in [0, 0.1) is 0 Å². The van der Waals surface area contributed by atoms with Gasteiger partial charge in [0.2, 0.25) is 5.91 Å². The summed E-state index contributed by atoms with van der Waals surface area (Å²) < 4.78 is 15.7. The number of hydrogen-bond donors (Lipinski definition) is 3. The van der Waals surface area contributed by atoms with Crippen molar-refractivity contribution >= 4 is 11.6 Å². The summed E-state index contributed by atoms with van der Waals surface area (Å²) in [4.78, 5) is 12.6. The first kappa shape index (κ1) is 18.0. The molecule has 26 heavy (non-hydrogen) atoms. The van der Waals surface area contributed by atoms with Crippen LogP contribution in [-0.2, 0) is 4.79 Å². The van der Waals surface area contributed by atoms with Crippen LogP contribution in [-0.4, -0.2) is 33.3 Å². The standard InChI is InChI=1S/C19H23N3O4/c1-24-13-6-4-12(5-7-13)16-11-17(22-21-16)19(23)20-15-9-8-14(25-2)10-18(15)26-3/h4-10,16-17,21-22H,11H2,1-3H3,(H,20,23). The van der Waals surface area contributed by atoms with Gasteiger partial charge in [0.25, 0.3) is 0 Å². The predicted octanol–water partition coefficient (Wildman–Crippen LogP) is 2.26. The van der Waals surface area contributed by atoms with Crippen molar-refractivity contribution in [3.05, 3.63) is 48.0 Å². The van der Waals surface area contributed by atoms with Gasteiger partial charge in [-0.05, 0) is 36.2 Å². The van der Waals surface area contributed by atoms with Crippen LogP contribution in [0.25, 0.3) is 0 Å². The molecule has 1 fully saturated rings. The maximum Gasteiger partial charge on any atom is 0.243 e. The molecule has 1 aliphatic heterocycles.